The number of aromatic amines is 2. The van der Waals surface area contributed by atoms with Crippen LogP contribution in [0.2, 0.25) is 0 Å². The van der Waals surface area contributed by atoms with Gasteiger partial charge >= 0.3 is 11.7 Å². The molecule has 2 aromatic heterocycles. The van der Waals surface area contributed by atoms with Crippen molar-refractivity contribution >= 4 is 17.1 Å². The van der Waals surface area contributed by atoms with Crippen LogP contribution in [-0.4, -0.2) is 30.6 Å². The minimum absolute atomic E-state index is 0.0369. The summed E-state index contributed by atoms with van der Waals surface area (Å²) in [5, 5.41) is 8.59. The maximum atomic E-state index is 11.7. The highest BCUT2D eigenvalue weighted by Gasteiger charge is 2.12. The maximum absolute atomic E-state index is 11.7. The molecule has 0 fully saturated rings. The van der Waals surface area contributed by atoms with Crippen LogP contribution >= 0.6 is 0 Å². The van der Waals surface area contributed by atoms with Crippen LogP contribution in [0.15, 0.2) is 9.59 Å². The number of carboxylic acids is 1. The van der Waals surface area contributed by atoms with E-state index in [4.69, 9.17) is 5.11 Å². The SMILES string of the molecule is CCCn1c(=O)[nH]c(=O)c2[nH]c(CCCC(=O)O)nc21. The average Bonchev–Trinajstić information content (AvgIpc) is 2.78. The first-order valence-corrected chi connectivity index (χ1v) is 6.46. The number of hydrogen-bond donors (Lipinski definition) is 3. The molecule has 20 heavy (non-hydrogen) atoms. The molecule has 0 radical (unpaired) electrons. The van der Waals surface area contributed by atoms with Crippen LogP contribution in [0.5, 0.6) is 0 Å². The number of nitrogens with zero attached hydrogens (tertiary/aromatic N) is 2. The molecule has 0 unspecified atom stereocenters. The van der Waals surface area contributed by atoms with Gasteiger partial charge in [-0.1, -0.05) is 6.92 Å². The smallest absolute Gasteiger partial charge is 0.330 e. The van der Waals surface area contributed by atoms with Crippen molar-refractivity contribution in [3.8, 4) is 0 Å². The van der Waals surface area contributed by atoms with E-state index in [2.05, 4.69) is 15.0 Å². The van der Waals surface area contributed by atoms with Crippen molar-refractivity contribution in [1.82, 2.24) is 19.5 Å². The molecule has 2 aromatic rings. The molecule has 3 N–H and O–H groups in total. The van der Waals surface area contributed by atoms with Crippen LogP contribution < -0.4 is 11.2 Å². The van der Waals surface area contributed by atoms with Gasteiger partial charge in [-0.2, -0.15) is 0 Å². The molecule has 2 heterocycles. The van der Waals surface area contributed by atoms with Gasteiger partial charge in [-0.15, -0.1) is 0 Å². The monoisotopic (exact) mass is 280 g/mol. The number of aliphatic carboxylic acids is 1. The highest BCUT2D eigenvalue weighted by atomic mass is 16.4. The number of aryl methyl sites for hydroxylation is 2. The topological polar surface area (TPSA) is 121 Å². The molecule has 0 bridgehead atoms. The second-order valence-electron chi connectivity index (χ2n) is 4.54. The molecule has 0 amide bonds. The number of imidazole rings is 1. The standard InChI is InChI=1S/C12H16N4O4/c1-2-6-16-10-9(11(19)15-12(16)20)13-7(14-10)4-3-5-8(17)18/h2-6H2,1H3,(H,13,14)(H,17,18)(H,15,19,20). The van der Waals surface area contributed by atoms with Crippen molar-refractivity contribution in [3.05, 3.63) is 26.7 Å². The van der Waals surface area contributed by atoms with Crippen molar-refractivity contribution in [2.45, 2.75) is 39.2 Å². The van der Waals surface area contributed by atoms with Crippen LogP contribution in [-0.2, 0) is 17.8 Å². The summed E-state index contributed by atoms with van der Waals surface area (Å²) in [5.74, 6) is -0.357. The van der Waals surface area contributed by atoms with Crippen molar-refractivity contribution < 1.29 is 9.90 Å². The Kier molecular flexibility index (Phi) is 4.02. The lowest BCUT2D eigenvalue weighted by Crippen LogP contribution is -2.30. The van der Waals surface area contributed by atoms with Gasteiger partial charge < -0.3 is 10.1 Å². The highest BCUT2D eigenvalue weighted by molar-refractivity contribution is 5.69. The lowest BCUT2D eigenvalue weighted by Gasteiger charge is -2.02. The van der Waals surface area contributed by atoms with Gasteiger partial charge in [0.2, 0.25) is 0 Å². The number of fused-ring (bicyclic) bond motifs is 1. The van der Waals surface area contributed by atoms with Gasteiger partial charge in [0, 0.05) is 19.4 Å². The van der Waals surface area contributed by atoms with Gasteiger partial charge in [-0.25, -0.2) is 9.78 Å². The zero-order chi connectivity index (χ0) is 14.7. The molecule has 0 spiro atoms. The lowest BCUT2D eigenvalue weighted by atomic mass is 10.2. The van der Waals surface area contributed by atoms with Crippen molar-refractivity contribution in [2.24, 2.45) is 0 Å². The van der Waals surface area contributed by atoms with Gasteiger partial charge in [0.1, 0.15) is 11.3 Å². The molecule has 0 aromatic carbocycles. The van der Waals surface area contributed by atoms with Crippen molar-refractivity contribution in [1.29, 1.82) is 0 Å². The van der Waals surface area contributed by atoms with Crippen LogP contribution in [0.3, 0.4) is 0 Å². The maximum Gasteiger partial charge on any atom is 0.330 e. The first kappa shape index (κ1) is 14.0. The molecular weight excluding hydrogens is 264 g/mol. The first-order chi connectivity index (χ1) is 9.52. The van der Waals surface area contributed by atoms with E-state index in [0.29, 0.717) is 30.9 Å². The van der Waals surface area contributed by atoms with Crippen LogP contribution in [0, 0.1) is 0 Å². The Morgan fingerprint density at radius 3 is 2.75 bits per heavy atom. The molecule has 0 aliphatic rings. The Morgan fingerprint density at radius 1 is 1.35 bits per heavy atom. The van der Waals surface area contributed by atoms with E-state index in [-0.39, 0.29) is 11.9 Å². The molecule has 8 nitrogen and oxygen atoms in total. The third-order valence-corrected chi connectivity index (χ3v) is 2.93. The van der Waals surface area contributed by atoms with E-state index in [9.17, 15) is 14.4 Å². The Hall–Kier alpha value is -2.38. The zero-order valence-electron chi connectivity index (χ0n) is 11.1. The summed E-state index contributed by atoms with van der Waals surface area (Å²) in [6.45, 7) is 2.38. The molecule has 0 saturated heterocycles. The van der Waals surface area contributed by atoms with Crippen molar-refractivity contribution in [3.63, 3.8) is 0 Å². The number of rotatable bonds is 6. The second-order valence-corrected chi connectivity index (χ2v) is 4.54. The number of H-pyrrole nitrogens is 2. The van der Waals surface area contributed by atoms with Crippen LogP contribution in [0.4, 0.5) is 0 Å². The normalized spacial score (nSPS) is 11.1. The van der Waals surface area contributed by atoms with Crippen LogP contribution in [0.25, 0.3) is 11.2 Å². The van der Waals surface area contributed by atoms with Crippen LogP contribution in [0.1, 0.15) is 32.0 Å². The van der Waals surface area contributed by atoms with Gasteiger partial charge in [0.05, 0.1) is 0 Å². The second kappa shape index (κ2) is 5.72. The number of aromatic nitrogens is 4. The third-order valence-electron chi connectivity index (χ3n) is 2.93. The average molecular weight is 280 g/mol. The van der Waals surface area contributed by atoms with Gasteiger partial charge in [0.25, 0.3) is 5.56 Å². The highest BCUT2D eigenvalue weighted by Crippen LogP contribution is 2.08. The van der Waals surface area contributed by atoms with Gasteiger partial charge in [-0.05, 0) is 12.8 Å². The fraction of sp³-hybridized carbons (Fsp3) is 0.500. The Bertz CT molecular complexity index is 740. The number of carbonyl (C=O) groups is 1. The summed E-state index contributed by atoms with van der Waals surface area (Å²) in [4.78, 5) is 43.3. The quantitative estimate of drug-likeness (QED) is 0.699. The van der Waals surface area contributed by atoms with Crippen molar-refractivity contribution in [2.75, 3.05) is 0 Å². The predicted molar refractivity (Wildman–Crippen MR) is 71.8 cm³/mol. The summed E-state index contributed by atoms with van der Waals surface area (Å²) in [7, 11) is 0. The predicted octanol–water partition coefficient (Wildman–Crippen LogP) is 0.230. The largest absolute Gasteiger partial charge is 0.481 e. The molecule has 108 valence electrons. The number of carboxylic acid groups (broad SMARTS) is 1. The van der Waals surface area contributed by atoms with E-state index in [0.717, 1.165) is 6.42 Å². The lowest BCUT2D eigenvalue weighted by molar-refractivity contribution is -0.137. The molecule has 0 saturated carbocycles. The molecule has 0 atom stereocenters. The minimum Gasteiger partial charge on any atom is -0.481 e. The number of hydrogen-bond acceptors (Lipinski definition) is 4. The van der Waals surface area contributed by atoms with Gasteiger partial charge in [-0.3, -0.25) is 19.1 Å². The third kappa shape index (κ3) is 2.79. The molecular formula is C12H16N4O4. The summed E-state index contributed by atoms with van der Waals surface area (Å²) in [6, 6.07) is 0. The first-order valence-electron chi connectivity index (χ1n) is 6.46. The zero-order valence-corrected chi connectivity index (χ0v) is 11.1. The summed E-state index contributed by atoms with van der Waals surface area (Å²) in [5.41, 5.74) is -0.406. The fourth-order valence-electron chi connectivity index (χ4n) is 2.05. The molecule has 8 heteroatoms. The molecule has 0 aliphatic heterocycles. The Labute approximate surface area is 113 Å². The Balaban J connectivity index is 2.39. The summed E-state index contributed by atoms with van der Waals surface area (Å²) >= 11 is 0. The molecule has 2 rings (SSSR count). The Morgan fingerprint density at radius 2 is 2.10 bits per heavy atom. The molecule has 0 aliphatic carbocycles. The fourth-order valence-corrected chi connectivity index (χ4v) is 2.05. The minimum atomic E-state index is -0.873. The van der Waals surface area contributed by atoms with Gasteiger partial charge in [0.15, 0.2) is 5.65 Å². The van der Waals surface area contributed by atoms with E-state index in [1.807, 2.05) is 6.92 Å². The van der Waals surface area contributed by atoms with E-state index >= 15 is 0 Å². The van der Waals surface area contributed by atoms with E-state index < -0.39 is 17.2 Å². The van der Waals surface area contributed by atoms with E-state index in [1.165, 1.54) is 4.57 Å². The number of nitrogens with one attached hydrogen (secondary N) is 2. The van der Waals surface area contributed by atoms with E-state index in [1.54, 1.807) is 0 Å². The summed E-state index contributed by atoms with van der Waals surface area (Å²) in [6.07, 6.45) is 1.61. The summed E-state index contributed by atoms with van der Waals surface area (Å²) < 4.78 is 1.41.